The molecular formula is C15H16ClNOS. The van der Waals surface area contributed by atoms with Crippen molar-refractivity contribution in [3.63, 3.8) is 0 Å². The summed E-state index contributed by atoms with van der Waals surface area (Å²) in [5, 5.41) is 0.668. The smallest absolute Gasteiger partial charge is 0.0577 e. The molecule has 0 spiro atoms. The van der Waals surface area contributed by atoms with Gasteiger partial charge in [0.25, 0.3) is 0 Å². The van der Waals surface area contributed by atoms with E-state index >= 15 is 0 Å². The second kappa shape index (κ2) is 5.76. The molecule has 1 atom stereocenters. The van der Waals surface area contributed by atoms with Gasteiger partial charge in [0, 0.05) is 15.6 Å². The second-order valence-electron chi connectivity index (χ2n) is 4.61. The Kier molecular flexibility index (Phi) is 4.27. The predicted octanol–water partition coefficient (Wildman–Crippen LogP) is 3.85. The van der Waals surface area contributed by atoms with Gasteiger partial charge in [-0.15, -0.1) is 0 Å². The van der Waals surface area contributed by atoms with Crippen LogP contribution in [-0.2, 0) is 16.6 Å². The molecule has 0 bridgehead atoms. The molecule has 0 fully saturated rings. The standard InChI is InChI=1S/C15H16ClNOS/c1-10-3-4-12(14(16)7-10)9-19(18)15-6-5-13(17)8-11(15)2/h3-8H,9,17H2,1-2H3. The van der Waals surface area contributed by atoms with Crippen LogP contribution in [0.15, 0.2) is 41.3 Å². The lowest BCUT2D eigenvalue weighted by molar-refractivity contribution is 0.682. The van der Waals surface area contributed by atoms with Crippen LogP contribution in [0.4, 0.5) is 5.69 Å². The SMILES string of the molecule is Cc1ccc(CS(=O)c2ccc(N)cc2C)c(Cl)c1. The summed E-state index contributed by atoms with van der Waals surface area (Å²) in [6.07, 6.45) is 0. The van der Waals surface area contributed by atoms with Crippen LogP contribution < -0.4 is 5.73 Å². The third kappa shape index (κ3) is 3.37. The summed E-state index contributed by atoms with van der Waals surface area (Å²) in [5.41, 5.74) is 9.34. The topological polar surface area (TPSA) is 43.1 Å². The van der Waals surface area contributed by atoms with Crippen LogP contribution in [-0.4, -0.2) is 4.21 Å². The van der Waals surface area contributed by atoms with Gasteiger partial charge in [0.15, 0.2) is 0 Å². The third-order valence-electron chi connectivity index (χ3n) is 2.94. The van der Waals surface area contributed by atoms with Crippen molar-refractivity contribution < 1.29 is 4.21 Å². The Hall–Kier alpha value is -1.32. The Balaban J connectivity index is 2.25. The lowest BCUT2D eigenvalue weighted by Crippen LogP contribution is -2.00. The number of nitrogens with two attached hydrogens (primary N) is 1. The fraction of sp³-hybridized carbons (Fsp3) is 0.200. The van der Waals surface area contributed by atoms with Crippen LogP contribution >= 0.6 is 11.6 Å². The van der Waals surface area contributed by atoms with Gasteiger partial charge in [-0.25, -0.2) is 0 Å². The molecular weight excluding hydrogens is 278 g/mol. The van der Waals surface area contributed by atoms with E-state index in [1.165, 1.54) is 0 Å². The largest absolute Gasteiger partial charge is 0.399 e. The van der Waals surface area contributed by atoms with Crippen molar-refractivity contribution in [2.75, 3.05) is 5.73 Å². The molecule has 2 nitrogen and oxygen atoms in total. The minimum absolute atomic E-state index is 0.421. The highest BCUT2D eigenvalue weighted by molar-refractivity contribution is 7.84. The molecule has 0 aromatic heterocycles. The molecule has 0 saturated heterocycles. The second-order valence-corrected chi connectivity index (χ2v) is 6.44. The van der Waals surface area contributed by atoms with Crippen molar-refractivity contribution in [1.82, 2.24) is 0 Å². The van der Waals surface area contributed by atoms with Crippen molar-refractivity contribution >= 4 is 28.1 Å². The number of anilines is 1. The molecule has 4 heteroatoms. The zero-order chi connectivity index (χ0) is 14.0. The molecule has 2 aromatic carbocycles. The number of nitrogen functional groups attached to an aromatic ring is 1. The molecule has 0 saturated carbocycles. The maximum absolute atomic E-state index is 12.4. The Morgan fingerprint density at radius 1 is 1.16 bits per heavy atom. The molecule has 1 unspecified atom stereocenters. The summed E-state index contributed by atoms with van der Waals surface area (Å²) in [4.78, 5) is 0.811. The normalized spacial score (nSPS) is 12.4. The van der Waals surface area contributed by atoms with Gasteiger partial charge in [-0.05, 0) is 54.8 Å². The van der Waals surface area contributed by atoms with Crippen LogP contribution in [0.2, 0.25) is 5.02 Å². The summed E-state index contributed by atoms with van der Waals surface area (Å²) >= 11 is 6.17. The summed E-state index contributed by atoms with van der Waals surface area (Å²) in [5.74, 6) is 0.421. The van der Waals surface area contributed by atoms with Gasteiger partial charge in [0.2, 0.25) is 0 Å². The van der Waals surface area contributed by atoms with Gasteiger partial charge in [0.1, 0.15) is 0 Å². The van der Waals surface area contributed by atoms with E-state index in [0.717, 1.165) is 21.6 Å². The first-order valence-corrected chi connectivity index (χ1v) is 7.66. The molecule has 2 aromatic rings. The van der Waals surface area contributed by atoms with Crippen molar-refractivity contribution in [1.29, 1.82) is 0 Å². The quantitative estimate of drug-likeness (QED) is 0.874. The van der Waals surface area contributed by atoms with E-state index in [4.69, 9.17) is 17.3 Å². The van der Waals surface area contributed by atoms with E-state index in [1.807, 2.05) is 44.2 Å². The van der Waals surface area contributed by atoms with Crippen LogP contribution in [0.1, 0.15) is 16.7 Å². The van der Waals surface area contributed by atoms with Gasteiger partial charge < -0.3 is 5.73 Å². The predicted molar refractivity (Wildman–Crippen MR) is 81.9 cm³/mol. The van der Waals surface area contributed by atoms with E-state index in [-0.39, 0.29) is 0 Å². The average molecular weight is 294 g/mol. The molecule has 0 amide bonds. The van der Waals surface area contributed by atoms with Gasteiger partial charge in [-0.1, -0.05) is 23.7 Å². The lowest BCUT2D eigenvalue weighted by Gasteiger charge is -2.08. The van der Waals surface area contributed by atoms with E-state index in [0.29, 0.717) is 16.5 Å². The maximum Gasteiger partial charge on any atom is 0.0577 e. The molecule has 100 valence electrons. The van der Waals surface area contributed by atoms with E-state index in [9.17, 15) is 4.21 Å². The molecule has 0 radical (unpaired) electrons. The lowest BCUT2D eigenvalue weighted by atomic mass is 10.2. The summed E-state index contributed by atoms with van der Waals surface area (Å²) in [6.45, 7) is 3.90. The fourth-order valence-corrected chi connectivity index (χ4v) is 3.63. The Morgan fingerprint density at radius 3 is 2.53 bits per heavy atom. The molecule has 0 aliphatic carbocycles. The highest BCUT2D eigenvalue weighted by Gasteiger charge is 2.10. The van der Waals surface area contributed by atoms with Gasteiger partial charge in [0.05, 0.1) is 16.6 Å². The maximum atomic E-state index is 12.4. The van der Waals surface area contributed by atoms with Gasteiger partial charge in [-0.2, -0.15) is 0 Å². The van der Waals surface area contributed by atoms with Crippen LogP contribution in [0.5, 0.6) is 0 Å². The van der Waals surface area contributed by atoms with Crippen molar-refractivity contribution in [2.45, 2.75) is 24.5 Å². The molecule has 2 N–H and O–H groups in total. The molecule has 19 heavy (non-hydrogen) atoms. The van der Waals surface area contributed by atoms with Crippen molar-refractivity contribution in [3.8, 4) is 0 Å². The number of rotatable bonds is 3. The summed E-state index contributed by atoms with van der Waals surface area (Å²) < 4.78 is 12.4. The Bertz CT molecular complexity index is 640. The Morgan fingerprint density at radius 2 is 1.89 bits per heavy atom. The highest BCUT2D eigenvalue weighted by Crippen LogP contribution is 2.23. The van der Waals surface area contributed by atoms with Crippen LogP contribution in [0.3, 0.4) is 0 Å². The van der Waals surface area contributed by atoms with Gasteiger partial charge >= 0.3 is 0 Å². The van der Waals surface area contributed by atoms with Crippen LogP contribution in [0, 0.1) is 13.8 Å². The third-order valence-corrected chi connectivity index (χ3v) is 4.81. The molecule has 0 heterocycles. The van der Waals surface area contributed by atoms with E-state index < -0.39 is 10.8 Å². The van der Waals surface area contributed by atoms with Crippen molar-refractivity contribution in [3.05, 3.63) is 58.1 Å². The number of halogens is 1. The zero-order valence-corrected chi connectivity index (χ0v) is 12.5. The molecule has 0 aliphatic rings. The summed E-state index contributed by atoms with van der Waals surface area (Å²) in [6, 6.07) is 11.2. The highest BCUT2D eigenvalue weighted by atomic mass is 35.5. The first-order valence-electron chi connectivity index (χ1n) is 5.97. The fourth-order valence-electron chi connectivity index (χ4n) is 1.92. The minimum Gasteiger partial charge on any atom is -0.399 e. The zero-order valence-electron chi connectivity index (χ0n) is 10.9. The monoisotopic (exact) mass is 293 g/mol. The average Bonchev–Trinajstić information content (AvgIpc) is 2.32. The first kappa shape index (κ1) is 14.1. The minimum atomic E-state index is -1.11. The number of hydrogen-bond acceptors (Lipinski definition) is 2. The first-order chi connectivity index (χ1) is 8.97. The molecule has 2 rings (SSSR count). The number of hydrogen-bond donors (Lipinski definition) is 1. The van der Waals surface area contributed by atoms with Crippen LogP contribution in [0.25, 0.3) is 0 Å². The Labute approximate surface area is 121 Å². The van der Waals surface area contributed by atoms with Crippen molar-refractivity contribution in [2.24, 2.45) is 0 Å². The number of aryl methyl sites for hydroxylation is 2. The summed E-state index contributed by atoms with van der Waals surface area (Å²) in [7, 11) is -1.11. The molecule has 0 aliphatic heterocycles. The van der Waals surface area contributed by atoms with E-state index in [1.54, 1.807) is 6.07 Å². The van der Waals surface area contributed by atoms with Gasteiger partial charge in [-0.3, -0.25) is 4.21 Å². The number of benzene rings is 2. The van der Waals surface area contributed by atoms with E-state index in [2.05, 4.69) is 0 Å².